The fourth-order valence-electron chi connectivity index (χ4n) is 2.93. The van der Waals surface area contributed by atoms with Crippen LogP contribution in [0.15, 0.2) is 30.3 Å². The monoisotopic (exact) mass is 362 g/mol. The maximum atomic E-state index is 11.2. The Hall–Kier alpha value is -2.60. The van der Waals surface area contributed by atoms with E-state index in [-0.39, 0.29) is 12.7 Å². The molecule has 0 amide bonds. The summed E-state index contributed by atoms with van der Waals surface area (Å²) in [6, 6.07) is 8.82. The fraction of sp³-hybridized carbons (Fsp3) is 0.278. The molecule has 0 radical (unpaired) electrons. The molecule has 130 valence electrons. The van der Waals surface area contributed by atoms with Crippen LogP contribution in [0.1, 0.15) is 22.0 Å². The zero-order valence-electron chi connectivity index (χ0n) is 13.4. The van der Waals surface area contributed by atoms with E-state index in [2.05, 4.69) is 0 Å². The molecule has 2 heterocycles. The van der Waals surface area contributed by atoms with E-state index in [0.717, 1.165) is 5.56 Å². The minimum atomic E-state index is -0.425. The van der Waals surface area contributed by atoms with Gasteiger partial charge in [0.05, 0.1) is 18.6 Å². The molecule has 0 bridgehead atoms. The van der Waals surface area contributed by atoms with Gasteiger partial charge in [-0.3, -0.25) is 4.79 Å². The number of carbonyl (C=O) groups excluding carboxylic acids is 1. The average molecular weight is 363 g/mol. The van der Waals surface area contributed by atoms with Crippen molar-refractivity contribution in [1.82, 2.24) is 0 Å². The van der Waals surface area contributed by atoms with Crippen molar-refractivity contribution in [2.75, 3.05) is 19.8 Å². The molecule has 0 saturated carbocycles. The van der Waals surface area contributed by atoms with E-state index in [4.69, 9.17) is 35.3 Å². The van der Waals surface area contributed by atoms with Crippen LogP contribution in [0, 0.1) is 0 Å². The van der Waals surface area contributed by atoms with E-state index in [1.807, 2.05) is 18.2 Å². The van der Waals surface area contributed by atoms with Gasteiger partial charge >= 0.3 is 0 Å². The summed E-state index contributed by atoms with van der Waals surface area (Å²) in [7, 11) is 1.50. The Morgan fingerprint density at radius 1 is 1.12 bits per heavy atom. The van der Waals surface area contributed by atoms with Gasteiger partial charge in [-0.25, -0.2) is 0 Å². The van der Waals surface area contributed by atoms with Crippen molar-refractivity contribution in [1.29, 1.82) is 0 Å². The Morgan fingerprint density at radius 3 is 2.68 bits per heavy atom. The van der Waals surface area contributed by atoms with E-state index in [1.54, 1.807) is 12.1 Å². The number of alkyl halides is 1. The number of hydrogen-bond donors (Lipinski definition) is 0. The van der Waals surface area contributed by atoms with Gasteiger partial charge in [-0.15, -0.1) is 11.6 Å². The molecule has 2 aromatic carbocycles. The van der Waals surface area contributed by atoms with Gasteiger partial charge in [-0.1, -0.05) is 6.07 Å². The first kappa shape index (κ1) is 15.9. The Bertz CT molecular complexity index is 821. The number of halogens is 1. The van der Waals surface area contributed by atoms with E-state index >= 15 is 0 Å². The van der Waals surface area contributed by atoms with Crippen molar-refractivity contribution < 1.29 is 28.5 Å². The summed E-state index contributed by atoms with van der Waals surface area (Å²) < 4.78 is 28.1. The minimum Gasteiger partial charge on any atom is -0.496 e. The summed E-state index contributed by atoms with van der Waals surface area (Å²) in [5.74, 6) is 2.96. The predicted octanol–water partition coefficient (Wildman–Crippen LogP) is 3.36. The lowest BCUT2D eigenvalue weighted by atomic mass is 10.0. The van der Waals surface area contributed by atoms with Crippen LogP contribution in [0.3, 0.4) is 0 Å². The maximum absolute atomic E-state index is 11.2. The van der Waals surface area contributed by atoms with Crippen LogP contribution in [0.25, 0.3) is 0 Å². The summed E-state index contributed by atoms with van der Waals surface area (Å²) in [5, 5.41) is 0. The molecule has 0 aliphatic carbocycles. The second-order valence-electron chi connectivity index (χ2n) is 5.62. The molecule has 2 atom stereocenters. The number of methoxy groups -OCH3 is 1. The van der Waals surface area contributed by atoms with E-state index in [0.29, 0.717) is 40.6 Å². The van der Waals surface area contributed by atoms with E-state index in [1.165, 1.54) is 7.11 Å². The number of fused-ring (bicyclic) bond motifs is 2. The summed E-state index contributed by atoms with van der Waals surface area (Å²) in [5.41, 5.74) is 1.25. The van der Waals surface area contributed by atoms with Gasteiger partial charge in [0, 0.05) is 11.6 Å². The normalized spacial score (nSPS) is 20.2. The first-order valence-corrected chi connectivity index (χ1v) is 8.23. The summed E-state index contributed by atoms with van der Waals surface area (Å²) >= 11 is 6.09. The van der Waals surface area contributed by atoms with Crippen molar-refractivity contribution in [3.63, 3.8) is 0 Å². The molecule has 0 spiro atoms. The van der Waals surface area contributed by atoms with Gasteiger partial charge in [-0.05, 0) is 18.2 Å². The highest BCUT2D eigenvalue weighted by Gasteiger charge is 2.34. The van der Waals surface area contributed by atoms with Crippen molar-refractivity contribution in [2.24, 2.45) is 0 Å². The SMILES string of the molecule is COc1cc2c(cc1C=O)O[C@@H](CCl)[C@@H](c1ccc3c(c1)OCO3)O2. The summed E-state index contributed by atoms with van der Waals surface area (Å²) in [4.78, 5) is 11.2. The Labute approximate surface area is 149 Å². The van der Waals surface area contributed by atoms with Crippen LogP contribution in [0.4, 0.5) is 0 Å². The second kappa shape index (κ2) is 6.37. The zero-order chi connectivity index (χ0) is 17.4. The third-order valence-electron chi connectivity index (χ3n) is 4.17. The molecule has 0 aromatic heterocycles. The number of rotatable bonds is 4. The quantitative estimate of drug-likeness (QED) is 0.614. The number of carbonyl (C=O) groups is 1. The Balaban J connectivity index is 1.72. The second-order valence-corrected chi connectivity index (χ2v) is 5.93. The third-order valence-corrected chi connectivity index (χ3v) is 4.47. The highest BCUT2D eigenvalue weighted by Crippen LogP contribution is 2.44. The highest BCUT2D eigenvalue weighted by atomic mass is 35.5. The van der Waals surface area contributed by atoms with Crippen LogP contribution in [-0.2, 0) is 0 Å². The lowest BCUT2D eigenvalue weighted by molar-refractivity contribution is 0.0322. The highest BCUT2D eigenvalue weighted by molar-refractivity contribution is 6.18. The number of hydrogen-bond acceptors (Lipinski definition) is 6. The van der Waals surface area contributed by atoms with E-state index < -0.39 is 12.2 Å². The summed E-state index contributed by atoms with van der Waals surface area (Å²) in [6.45, 7) is 0.203. The molecule has 0 saturated heterocycles. The molecule has 0 fully saturated rings. The number of aldehydes is 1. The minimum absolute atomic E-state index is 0.203. The molecular formula is C18H15ClO6. The van der Waals surface area contributed by atoms with Gasteiger partial charge in [0.25, 0.3) is 0 Å². The van der Waals surface area contributed by atoms with Crippen LogP contribution >= 0.6 is 11.6 Å². The predicted molar refractivity (Wildman–Crippen MR) is 89.5 cm³/mol. The molecule has 4 rings (SSSR count). The lowest BCUT2D eigenvalue weighted by Crippen LogP contribution is -2.34. The smallest absolute Gasteiger partial charge is 0.231 e. The molecule has 2 aliphatic heterocycles. The van der Waals surface area contributed by atoms with Gasteiger partial charge < -0.3 is 23.7 Å². The molecule has 2 aromatic rings. The topological polar surface area (TPSA) is 63.2 Å². The van der Waals surface area contributed by atoms with Gasteiger partial charge in [0.15, 0.2) is 41.5 Å². The van der Waals surface area contributed by atoms with Crippen molar-refractivity contribution in [2.45, 2.75) is 12.2 Å². The molecule has 25 heavy (non-hydrogen) atoms. The Kier molecular flexibility index (Phi) is 4.05. The van der Waals surface area contributed by atoms with Crippen LogP contribution in [0.2, 0.25) is 0 Å². The molecular weight excluding hydrogens is 348 g/mol. The number of ether oxygens (including phenoxy) is 5. The van der Waals surface area contributed by atoms with Crippen LogP contribution in [0.5, 0.6) is 28.7 Å². The third kappa shape index (κ3) is 2.72. The first-order valence-electron chi connectivity index (χ1n) is 7.69. The van der Waals surface area contributed by atoms with E-state index in [9.17, 15) is 4.79 Å². The maximum Gasteiger partial charge on any atom is 0.231 e. The van der Waals surface area contributed by atoms with Gasteiger partial charge in [0.2, 0.25) is 6.79 Å². The lowest BCUT2D eigenvalue weighted by Gasteiger charge is -2.33. The standard InChI is InChI=1S/C18H15ClO6/c1-21-13-6-16-15(5-11(13)8-20)24-17(7-19)18(25-16)10-2-3-12-14(4-10)23-9-22-12/h2-6,8,17-18H,7,9H2,1H3/t17-,18+/m0/s1. The van der Waals surface area contributed by atoms with Crippen LogP contribution in [-0.4, -0.2) is 32.2 Å². The largest absolute Gasteiger partial charge is 0.496 e. The molecule has 2 aliphatic rings. The van der Waals surface area contributed by atoms with Gasteiger partial charge in [0.1, 0.15) is 5.75 Å². The summed E-state index contributed by atoms with van der Waals surface area (Å²) in [6.07, 6.45) is -0.129. The first-order chi connectivity index (χ1) is 12.2. The molecule has 0 unspecified atom stereocenters. The van der Waals surface area contributed by atoms with Crippen molar-refractivity contribution >= 4 is 17.9 Å². The molecule has 6 nitrogen and oxygen atoms in total. The molecule has 7 heteroatoms. The Morgan fingerprint density at radius 2 is 1.92 bits per heavy atom. The number of benzene rings is 2. The zero-order valence-corrected chi connectivity index (χ0v) is 14.1. The molecule has 0 N–H and O–H groups in total. The average Bonchev–Trinajstić information content (AvgIpc) is 3.13. The van der Waals surface area contributed by atoms with Crippen molar-refractivity contribution in [3.05, 3.63) is 41.5 Å². The van der Waals surface area contributed by atoms with Crippen LogP contribution < -0.4 is 23.7 Å². The van der Waals surface area contributed by atoms with Gasteiger partial charge in [-0.2, -0.15) is 0 Å². The fourth-order valence-corrected chi connectivity index (χ4v) is 3.16. The van der Waals surface area contributed by atoms with Crippen molar-refractivity contribution in [3.8, 4) is 28.7 Å².